The molecule has 1 unspecified atom stereocenters. The van der Waals surface area contributed by atoms with Crippen molar-refractivity contribution in [3.63, 3.8) is 0 Å². The van der Waals surface area contributed by atoms with E-state index in [1.165, 1.54) is 11.8 Å². The number of rotatable bonds is 5. The maximum absolute atomic E-state index is 11.2. The van der Waals surface area contributed by atoms with Crippen LogP contribution in [0.2, 0.25) is 0 Å². The first kappa shape index (κ1) is 11.4. The van der Waals surface area contributed by atoms with E-state index in [9.17, 15) is 14.4 Å². The summed E-state index contributed by atoms with van der Waals surface area (Å²) < 4.78 is 0. The molecule has 14 heavy (non-hydrogen) atoms. The van der Waals surface area contributed by atoms with Crippen molar-refractivity contribution in [2.45, 2.75) is 37.9 Å². The number of carbonyl (C=O) groups excluding carboxylic acids is 3. The van der Waals surface area contributed by atoms with E-state index in [0.29, 0.717) is 18.6 Å². The summed E-state index contributed by atoms with van der Waals surface area (Å²) >= 11 is 1.32. The highest BCUT2D eigenvalue weighted by Gasteiger charge is 2.31. The zero-order valence-corrected chi connectivity index (χ0v) is 9.06. The Morgan fingerprint density at radius 1 is 1.50 bits per heavy atom. The first-order valence-corrected chi connectivity index (χ1v) is 5.86. The first-order valence-electron chi connectivity index (χ1n) is 4.81. The number of ketones is 3. The Hall–Kier alpha value is -0.640. The molecule has 0 bridgehead atoms. The van der Waals surface area contributed by atoms with Gasteiger partial charge >= 0.3 is 0 Å². The van der Waals surface area contributed by atoms with Crippen LogP contribution in [0.5, 0.6) is 0 Å². The van der Waals surface area contributed by atoms with Gasteiger partial charge in [-0.3, -0.25) is 14.4 Å². The average molecular weight is 214 g/mol. The van der Waals surface area contributed by atoms with E-state index in [-0.39, 0.29) is 29.0 Å². The lowest BCUT2D eigenvalue weighted by atomic mass is 10.3. The molecule has 0 aromatic heterocycles. The summed E-state index contributed by atoms with van der Waals surface area (Å²) in [5, 5.41) is -0.247. The van der Waals surface area contributed by atoms with E-state index in [2.05, 4.69) is 0 Å². The molecule has 1 atom stereocenters. The number of Topliss-reactive ketones (excluding diaryl/α,β-unsaturated/α-hetero) is 3. The van der Waals surface area contributed by atoms with Crippen molar-refractivity contribution in [3.8, 4) is 0 Å². The molecule has 0 N–H and O–H groups in total. The van der Waals surface area contributed by atoms with Crippen molar-refractivity contribution in [1.29, 1.82) is 0 Å². The predicted molar refractivity (Wildman–Crippen MR) is 55.4 cm³/mol. The van der Waals surface area contributed by atoms with Gasteiger partial charge in [-0.2, -0.15) is 0 Å². The molecule has 3 nitrogen and oxygen atoms in total. The summed E-state index contributed by atoms with van der Waals surface area (Å²) in [5.74, 6) is 0.543. The van der Waals surface area contributed by atoms with Gasteiger partial charge in [-0.05, 0) is 6.42 Å². The van der Waals surface area contributed by atoms with E-state index < -0.39 is 0 Å². The molecule has 0 aromatic carbocycles. The third kappa shape index (κ3) is 3.25. The van der Waals surface area contributed by atoms with Crippen LogP contribution < -0.4 is 0 Å². The summed E-state index contributed by atoms with van der Waals surface area (Å²) in [4.78, 5) is 33.3. The molecule has 1 saturated carbocycles. The fourth-order valence-corrected chi connectivity index (χ4v) is 2.50. The molecule has 0 aromatic rings. The highest BCUT2D eigenvalue weighted by Crippen LogP contribution is 2.24. The predicted octanol–water partition coefficient (Wildman–Crippen LogP) is 1.39. The van der Waals surface area contributed by atoms with Gasteiger partial charge in [-0.15, -0.1) is 11.8 Å². The second kappa shape index (κ2) is 5.29. The van der Waals surface area contributed by atoms with Crippen LogP contribution in [-0.2, 0) is 14.4 Å². The zero-order chi connectivity index (χ0) is 10.6. The first-order chi connectivity index (χ1) is 6.63. The van der Waals surface area contributed by atoms with E-state index in [4.69, 9.17) is 0 Å². The molecule has 1 rings (SSSR count). The Kier molecular flexibility index (Phi) is 4.32. The van der Waals surface area contributed by atoms with Crippen molar-refractivity contribution in [2.24, 2.45) is 0 Å². The van der Waals surface area contributed by atoms with Crippen LogP contribution in [0.4, 0.5) is 0 Å². The molecule has 0 heterocycles. The van der Waals surface area contributed by atoms with Crippen LogP contribution in [0, 0.1) is 0 Å². The van der Waals surface area contributed by atoms with E-state index in [0.717, 1.165) is 6.42 Å². The van der Waals surface area contributed by atoms with Gasteiger partial charge in [-0.25, -0.2) is 0 Å². The van der Waals surface area contributed by atoms with Gasteiger partial charge in [0.15, 0.2) is 5.78 Å². The van der Waals surface area contributed by atoms with Crippen LogP contribution in [0.25, 0.3) is 0 Å². The molecule has 0 aliphatic heterocycles. The van der Waals surface area contributed by atoms with E-state index in [1.54, 1.807) is 0 Å². The fraction of sp³-hybridized carbons (Fsp3) is 0.700. The number of hydrogen-bond donors (Lipinski definition) is 0. The van der Waals surface area contributed by atoms with E-state index >= 15 is 0 Å². The zero-order valence-electron chi connectivity index (χ0n) is 8.25. The Morgan fingerprint density at radius 2 is 2.21 bits per heavy atom. The standard InChI is InChI=1S/C10H14O3S/c1-2-3-7(11)6-14-10-5-8(12)4-9(10)13/h10H,2-6H2,1H3. The summed E-state index contributed by atoms with van der Waals surface area (Å²) in [7, 11) is 0. The Bertz CT molecular complexity index is 260. The van der Waals surface area contributed by atoms with Crippen molar-refractivity contribution >= 4 is 29.1 Å². The largest absolute Gasteiger partial charge is 0.299 e. The van der Waals surface area contributed by atoms with Crippen LogP contribution in [0.3, 0.4) is 0 Å². The lowest BCUT2D eigenvalue weighted by Gasteiger charge is -2.04. The molecule has 4 heteroatoms. The van der Waals surface area contributed by atoms with Crippen molar-refractivity contribution in [1.82, 2.24) is 0 Å². The highest BCUT2D eigenvalue weighted by atomic mass is 32.2. The monoisotopic (exact) mass is 214 g/mol. The lowest BCUT2D eigenvalue weighted by Crippen LogP contribution is -2.12. The summed E-state index contributed by atoms with van der Waals surface area (Å²) in [6.45, 7) is 1.95. The van der Waals surface area contributed by atoms with E-state index in [1.807, 2.05) is 6.92 Å². The topological polar surface area (TPSA) is 51.2 Å². The third-order valence-electron chi connectivity index (χ3n) is 2.12. The Balaban J connectivity index is 2.28. The molecule has 1 fully saturated rings. The van der Waals surface area contributed by atoms with Crippen LogP contribution in [0.1, 0.15) is 32.6 Å². The minimum absolute atomic E-state index is 0.00967. The van der Waals surface area contributed by atoms with Gasteiger partial charge in [0, 0.05) is 12.8 Å². The van der Waals surface area contributed by atoms with Gasteiger partial charge in [-0.1, -0.05) is 6.92 Å². The molecule has 0 saturated heterocycles. The van der Waals surface area contributed by atoms with Crippen molar-refractivity contribution < 1.29 is 14.4 Å². The Morgan fingerprint density at radius 3 is 2.71 bits per heavy atom. The number of thioether (sulfide) groups is 1. The molecule has 1 aliphatic carbocycles. The second-order valence-corrected chi connectivity index (χ2v) is 4.67. The quantitative estimate of drug-likeness (QED) is 0.649. The lowest BCUT2D eigenvalue weighted by molar-refractivity contribution is -0.121. The maximum atomic E-state index is 11.2. The maximum Gasteiger partial charge on any atom is 0.153 e. The van der Waals surface area contributed by atoms with Crippen LogP contribution >= 0.6 is 11.8 Å². The second-order valence-electron chi connectivity index (χ2n) is 3.47. The number of carbonyl (C=O) groups is 3. The van der Waals surface area contributed by atoms with Crippen molar-refractivity contribution in [2.75, 3.05) is 5.75 Å². The minimum atomic E-state index is -0.247. The van der Waals surface area contributed by atoms with Crippen LogP contribution in [-0.4, -0.2) is 28.4 Å². The molecule has 1 aliphatic rings. The summed E-state index contributed by atoms with van der Waals surface area (Å²) in [6, 6.07) is 0. The molecular weight excluding hydrogens is 200 g/mol. The highest BCUT2D eigenvalue weighted by molar-refractivity contribution is 8.01. The van der Waals surface area contributed by atoms with Gasteiger partial charge in [0.25, 0.3) is 0 Å². The van der Waals surface area contributed by atoms with Crippen molar-refractivity contribution in [3.05, 3.63) is 0 Å². The smallest absolute Gasteiger partial charge is 0.153 e. The number of hydrogen-bond acceptors (Lipinski definition) is 4. The minimum Gasteiger partial charge on any atom is -0.299 e. The van der Waals surface area contributed by atoms with Gasteiger partial charge in [0.2, 0.25) is 0 Å². The molecule has 0 spiro atoms. The summed E-state index contributed by atoms with van der Waals surface area (Å²) in [6.07, 6.45) is 1.81. The van der Waals surface area contributed by atoms with Gasteiger partial charge in [0.05, 0.1) is 17.4 Å². The molecular formula is C10H14O3S. The average Bonchev–Trinajstić information content (AvgIpc) is 2.42. The van der Waals surface area contributed by atoms with Gasteiger partial charge in [0.1, 0.15) is 11.6 Å². The third-order valence-corrected chi connectivity index (χ3v) is 3.44. The SMILES string of the molecule is CCCC(=O)CSC1CC(=O)CC1=O. The molecule has 0 radical (unpaired) electrons. The Labute approximate surface area is 87.6 Å². The molecule has 78 valence electrons. The molecule has 0 amide bonds. The van der Waals surface area contributed by atoms with Gasteiger partial charge < -0.3 is 0 Å². The van der Waals surface area contributed by atoms with Crippen LogP contribution in [0.15, 0.2) is 0 Å². The normalized spacial score (nSPS) is 21.6. The fourth-order valence-electron chi connectivity index (χ4n) is 1.40. The summed E-state index contributed by atoms with van der Waals surface area (Å²) in [5.41, 5.74) is 0.